The smallest absolute Gasteiger partial charge is 0.255 e. The van der Waals surface area contributed by atoms with Crippen LogP contribution in [0.4, 0.5) is 15.8 Å². The highest BCUT2D eigenvalue weighted by atomic mass is 32.2. The summed E-state index contributed by atoms with van der Waals surface area (Å²) in [4.78, 5) is 18.1. The molecule has 4 aromatic rings. The first kappa shape index (κ1) is 20.6. The Kier molecular flexibility index (Phi) is 6.00. The molecule has 1 amide bonds. The third kappa shape index (κ3) is 5.10. The number of hydrogen-bond donors (Lipinski definition) is 2. The van der Waals surface area contributed by atoms with Crippen LogP contribution in [0.2, 0.25) is 0 Å². The van der Waals surface area contributed by atoms with E-state index in [0.717, 1.165) is 26.6 Å². The standard InChI is InChI=1S/C25H20FN3OS/c1-16-2-13-24(28-15-16)31-21-10-5-18(6-11-21)25(30)29-23-14-19(7-12-22(23)27)17-3-8-20(26)9-4-17/h2-15H,27H2,1H3,(H,29,30). The van der Waals surface area contributed by atoms with Crippen molar-refractivity contribution in [3.63, 3.8) is 0 Å². The van der Waals surface area contributed by atoms with Gasteiger partial charge in [0.05, 0.1) is 11.4 Å². The number of nitrogens with one attached hydrogen (secondary N) is 1. The number of carbonyl (C=O) groups is 1. The minimum absolute atomic E-state index is 0.257. The number of halogens is 1. The summed E-state index contributed by atoms with van der Waals surface area (Å²) in [5.41, 5.74) is 10.3. The lowest BCUT2D eigenvalue weighted by molar-refractivity contribution is 0.102. The van der Waals surface area contributed by atoms with Gasteiger partial charge in [-0.1, -0.05) is 36.0 Å². The molecular formula is C25H20FN3OS. The number of pyridine rings is 1. The largest absolute Gasteiger partial charge is 0.397 e. The fourth-order valence-electron chi connectivity index (χ4n) is 2.99. The molecule has 0 aliphatic rings. The van der Waals surface area contributed by atoms with E-state index < -0.39 is 0 Å². The van der Waals surface area contributed by atoms with Gasteiger partial charge in [-0.3, -0.25) is 4.79 Å². The van der Waals surface area contributed by atoms with Gasteiger partial charge in [-0.25, -0.2) is 9.37 Å². The fraction of sp³-hybridized carbons (Fsp3) is 0.0400. The van der Waals surface area contributed by atoms with Gasteiger partial charge in [-0.15, -0.1) is 0 Å². The van der Waals surface area contributed by atoms with Gasteiger partial charge in [-0.05, 0) is 78.2 Å². The number of carbonyl (C=O) groups excluding carboxylic acids is 1. The van der Waals surface area contributed by atoms with Gasteiger partial charge in [0.15, 0.2) is 0 Å². The quantitative estimate of drug-likeness (QED) is 0.372. The summed E-state index contributed by atoms with van der Waals surface area (Å²) in [5, 5.41) is 3.76. The van der Waals surface area contributed by atoms with Crippen molar-refractivity contribution in [3.8, 4) is 11.1 Å². The van der Waals surface area contributed by atoms with Crippen LogP contribution in [0, 0.1) is 12.7 Å². The Morgan fingerprint density at radius 2 is 1.65 bits per heavy atom. The second-order valence-corrected chi connectivity index (χ2v) is 8.16. The van der Waals surface area contributed by atoms with Gasteiger partial charge in [0.1, 0.15) is 10.8 Å². The minimum atomic E-state index is -0.299. The molecule has 3 aromatic carbocycles. The summed E-state index contributed by atoms with van der Waals surface area (Å²) in [6, 6.07) is 22.8. The molecule has 154 valence electrons. The van der Waals surface area contributed by atoms with Crippen LogP contribution in [0.25, 0.3) is 11.1 Å². The average molecular weight is 430 g/mol. The van der Waals surface area contributed by atoms with Crippen molar-refractivity contribution >= 4 is 29.0 Å². The van der Waals surface area contributed by atoms with Crippen molar-refractivity contribution in [3.05, 3.63) is 102 Å². The number of aryl methyl sites for hydroxylation is 1. The highest BCUT2D eigenvalue weighted by Crippen LogP contribution is 2.29. The number of anilines is 2. The summed E-state index contributed by atoms with van der Waals surface area (Å²) >= 11 is 1.53. The molecule has 3 N–H and O–H groups in total. The number of rotatable bonds is 5. The monoisotopic (exact) mass is 429 g/mol. The second-order valence-electron chi connectivity index (χ2n) is 7.06. The number of benzene rings is 3. The Bertz CT molecular complexity index is 1210. The lowest BCUT2D eigenvalue weighted by Crippen LogP contribution is -2.13. The Labute approximate surface area is 184 Å². The molecule has 0 fully saturated rings. The van der Waals surface area contributed by atoms with Crippen LogP contribution in [0.15, 0.2) is 95.0 Å². The van der Waals surface area contributed by atoms with Crippen molar-refractivity contribution in [2.24, 2.45) is 0 Å². The third-order valence-electron chi connectivity index (χ3n) is 4.70. The molecule has 0 aliphatic carbocycles. The number of nitrogen functional groups attached to an aromatic ring is 1. The van der Waals surface area contributed by atoms with E-state index in [2.05, 4.69) is 10.3 Å². The van der Waals surface area contributed by atoms with Gasteiger partial charge < -0.3 is 11.1 Å². The molecule has 31 heavy (non-hydrogen) atoms. The predicted molar refractivity (Wildman–Crippen MR) is 124 cm³/mol. The highest BCUT2D eigenvalue weighted by molar-refractivity contribution is 7.99. The van der Waals surface area contributed by atoms with Crippen molar-refractivity contribution in [1.29, 1.82) is 0 Å². The van der Waals surface area contributed by atoms with Gasteiger partial charge in [0.25, 0.3) is 5.91 Å². The Morgan fingerprint density at radius 3 is 2.32 bits per heavy atom. The van der Waals surface area contributed by atoms with Gasteiger partial charge in [-0.2, -0.15) is 0 Å². The van der Waals surface area contributed by atoms with Gasteiger partial charge in [0.2, 0.25) is 0 Å². The fourth-order valence-corrected chi connectivity index (χ4v) is 3.75. The Morgan fingerprint density at radius 1 is 0.935 bits per heavy atom. The molecule has 0 bridgehead atoms. The van der Waals surface area contributed by atoms with Crippen molar-refractivity contribution in [1.82, 2.24) is 4.98 Å². The molecule has 0 aliphatic heterocycles. The molecule has 1 heterocycles. The van der Waals surface area contributed by atoms with Crippen LogP contribution in [0.3, 0.4) is 0 Å². The van der Waals surface area contributed by atoms with Crippen molar-refractivity contribution < 1.29 is 9.18 Å². The van der Waals surface area contributed by atoms with Crippen LogP contribution in [0.5, 0.6) is 0 Å². The lowest BCUT2D eigenvalue weighted by atomic mass is 10.0. The Balaban J connectivity index is 1.48. The molecule has 4 rings (SSSR count). The average Bonchev–Trinajstić information content (AvgIpc) is 2.78. The zero-order valence-electron chi connectivity index (χ0n) is 16.8. The van der Waals surface area contributed by atoms with E-state index in [-0.39, 0.29) is 11.7 Å². The summed E-state index contributed by atoms with van der Waals surface area (Å²) < 4.78 is 13.2. The maximum absolute atomic E-state index is 13.2. The number of amides is 1. The summed E-state index contributed by atoms with van der Waals surface area (Å²) in [5.74, 6) is -0.555. The molecule has 1 aromatic heterocycles. The molecule has 0 unspecified atom stereocenters. The first-order chi connectivity index (χ1) is 15.0. The highest BCUT2D eigenvalue weighted by Gasteiger charge is 2.10. The number of hydrogen-bond acceptors (Lipinski definition) is 4. The van der Waals surface area contributed by atoms with E-state index >= 15 is 0 Å². The lowest BCUT2D eigenvalue weighted by Gasteiger charge is -2.11. The van der Waals surface area contributed by atoms with E-state index in [0.29, 0.717) is 16.9 Å². The molecule has 0 saturated carbocycles. The maximum atomic E-state index is 13.2. The maximum Gasteiger partial charge on any atom is 0.255 e. The number of aromatic nitrogens is 1. The van der Waals surface area contributed by atoms with Crippen LogP contribution < -0.4 is 11.1 Å². The Hall–Kier alpha value is -3.64. The van der Waals surface area contributed by atoms with Crippen LogP contribution in [0.1, 0.15) is 15.9 Å². The topological polar surface area (TPSA) is 68.0 Å². The van der Waals surface area contributed by atoms with E-state index in [4.69, 9.17) is 5.73 Å². The van der Waals surface area contributed by atoms with E-state index in [1.165, 1.54) is 23.9 Å². The molecule has 6 heteroatoms. The van der Waals surface area contributed by atoms with Crippen molar-refractivity contribution in [2.75, 3.05) is 11.1 Å². The minimum Gasteiger partial charge on any atom is -0.397 e. The van der Waals surface area contributed by atoms with Crippen LogP contribution in [-0.4, -0.2) is 10.9 Å². The normalized spacial score (nSPS) is 10.6. The first-order valence-electron chi connectivity index (χ1n) is 9.65. The zero-order valence-corrected chi connectivity index (χ0v) is 17.6. The molecule has 0 saturated heterocycles. The van der Waals surface area contributed by atoms with E-state index in [1.807, 2.05) is 43.5 Å². The molecule has 4 nitrogen and oxygen atoms in total. The zero-order chi connectivity index (χ0) is 21.8. The predicted octanol–water partition coefficient (Wildman–Crippen LogP) is 6.18. The second kappa shape index (κ2) is 9.02. The van der Waals surface area contributed by atoms with Crippen molar-refractivity contribution in [2.45, 2.75) is 16.8 Å². The SMILES string of the molecule is Cc1ccc(Sc2ccc(C(=O)Nc3cc(-c4ccc(F)cc4)ccc3N)cc2)nc1. The van der Waals surface area contributed by atoms with E-state index in [1.54, 1.807) is 36.4 Å². The summed E-state index contributed by atoms with van der Waals surface area (Å²) in [6.07, 6.45) is 1.83. The number of nitrogens with two attached hydrogens (primary N) is 1. The third-order valence-corrected chi connectivity index (χ3v) is 5.66. The molecule has 0 spiro atoms. The van der Waals surface area contributed by atoms with Gasteiger partial charge >= 0.3 is 0 Å². The first-order valence-corrected chi connectivity index (χ1v) is 10.5. The van der Waals surface area contributed by atoms with Crippen LogP contribution >= 0.6 is 11.8 Å². The number of nitrogens with zero attached hydrogens (tertiary/aromatic N) is 1. The van der Waals surface area contributed by atoms with Crippen LogP contribution in [-0.2, 0) is 0 Å². The molecule has 0 radical (unpaired) electrons. The van der Waals surface area contributed by atoms with Gasteiger partial charge in [0, 0.05) is 16.7 Å². The molecule has 0 atom stereocenters. The summed E-state index contributed by atoms with van der Waals surface area (Å²) in [6.45, 7) is 2.00. The molecular weight excluding hydrogens is 409 g/mol. The van der Waals surface area contributed by atoms with E-state index in [9.17, 15) is 9.18 Å². The summed E-state index contributed by atoms with van der Waals surface area (Å²) in [7, 11) is 0.